The molecule has 0 spiro atoms. The molecular weight excluding hydrogens is 568 g/mol. The third-order valence-corrected chi connectivity index (χ3v) is 7.83. The molecule has 7 heteroatoms. The summed E-state index contributed by atoms with van der Waals surface area (Å²) in [6, 6.07) is 37.4. The Bertz CT molecular complexity index is 1400. The fraction of sp³-hybridized carbons (Fsp3) is 0.316. The molecule has 0 amide bonds. The Hall–Kier alpha value is -3.82. The summed E-state index contributed by atoms with van der Waals surface area (Å²) in [4.78, 5) is 0. The molecule has 0 aromatic heterocycles. The molecule has 0 heterocycles. The van der Waals surface area contributed by atoms with Crippen LogP contribution in [0.1, 0.15) is 22.3 Å². The number of methoxy groups -OCH3 is 1. The molecule has 0 bridgehead atoms. The lowest BCUT2D eigenvalue weighted by atomic mass is 9.83. The van der Waals surface area contributed by atoms with E-state index in [1.54, 1.807) is 13.2 Å². The van der Waals surface area contributed by atoms with Crippen molar-refractivity contribution in [2.75, 3.05) is 13.7 Å². The number of ether oxygens (including phenoxy) is 6. The Labute approximate surface area is 265 Å². The third-order valence-electron chi connectivity index (χ3n) is 7.83. The molecular formula is C38H42O7. The van der Waals surface area contributed by atoms with Crippen molar-refractivity contribution in [2.45, 2.75) is 63.1 Å². The summed E-state index contributed by atoms with van der Waals surface area (Å²) in [6.07, 6.45) is -2.97. The van der Waals surface area contributed by atoms with Crippen LogP contribution in [0.15, 0.2) is 128 Å². The van der Waals surface area contributed by atoms with Gasteiger partial charge in [0.25, 0.3) is 0 Å². The van der Waals surface area contributed by atoms with Crippen molar-refractivity contribution in [3.8, 4) is 5.75 Å². The predicted octanol–water partition coefficient (Wildman–Crippen LogP) is 6.28. The molecule has 7 nitrogen and oxygen atoms in total. The molecule has 6 atom stereocenters. The van der Waals surface area contributed by atoms with Crippen molar-refractivity contribution in [1.82, 2.24) is 0 Å². The van der Waals surface area contributed by atoms with E-state index in [1.165, 1.54) is 0 Å². The van der Waals surface area contributed by atoms with E-state index in [1.807, 2.05) is 115 Å². The predicted molar refractivity (Wildman–Crippen MR) is 173 cm³/mol. The van der Waals surface area contributed by atoms with Gasteiger partial charge in [0.1, 0.15) is 42.4 Å². The first-order valence-electron chi connectivity index (χ1n) is 15.3. The topological polar surface area (TPSA) is 75.6 Å². The van der Waals surface area contributed by atoms with Crippen LogP contribution < -0.4 is 4.74 Å². The van der Waals surface area contributed by atoms with Crippen molar-refractivity contribution in [3.05, 3.63) is 150 Å². The molecule has 0 aliphatic heterocycles. The normalized spacial score (nSPS) is 23.0. The molecule has 0 unspecified atom stereocenters. The molecule has 4 aromatic rings. The highest BCUT2D eigenvalue weighted by atomic mass is 16.6. The van der Waals surface area contributed by atoms with Crippen molar-refractivity contribution in [3.63, 3.8) is 0 Å². The zero-order valence-electron chi connectivity index (χ0n) is 25.7. The van der Waals surface area contributed by atoms with E-state index < -0.39 is 36.6 Å². The summed E-state index contributed by atoms with van der Waals surface area (Å²) in [6.45, 7) is 5.24. The first-order valence-corrected chi connectivity index (χ1v) is 15.3. The average Bonchev–Trinajstić information content (AvgIpc) is 3.10. The van der Waals surface area contributed by atoms with E-state index in [2.05, 4.69) is 6.58 Å². The van der Waals surface area contributed by atoms with Gasteiger partial charge in [-0.1, -0.05) is 109 Å². The monoisotopic (exact) mass is 610 g/mol. The van der Waals surface area contributed by atoms with Crippen LogP contribution in [0.25, 0.3) is 0 Å². The summed E-state index contributed by atoms with van der Waals surface area (Å²) in [5.74, 6) is 0.755. The molecule has 1 aliphatic rings. The van der Waals surface area contributed by atoms with Gasteiger partial charge in [0.2, 0.25) is 0 Å². The second-order valence-electron chi connectivity index (χ2n) is 11.0. The molecule has 0 saturated heterocycles. The maximum absolute atomic E-state index is 12.0. The average molecular weight is 611 g/mol. The van der Waals surface area contributed by atoms with E-state index in [-0.39, 0.29) is 19.8 Å². The first kappa shape index (κ1) is 32.6. The first-order chi connectivity index (χ1) is 22.2. The van der Waals surface area contributed by atoms with Gasteiger partial charge in [-0.3, -0.25) is 0 Å². The minimum absolute atomic E-state index is 0.242. The zero-order chi connectivity index (χ0) is 31.3. The van der Waals surface area contributed by atoms with Gasteiger partial charge in [-0.15, -0.1) is 6.58 Å². The molecule has 5 rings (SSSR count). The Balaban J connectivity index is 1.47. The van der Waals surface area contributed by atoms with Gasteiger partial charge in [-0.2, -0.15) is 0 Å². The quantitative estimate of drug-likeness (QED) is 0.150. The van der Waals surface area contributed by atoms with Crippen molar-refractivity contribution < 1.29 is 33.5 Å². The zero-order valence-corrected chi connectivity index (χ0v) is 25.7. The Morgan fingerprint density at radius 3 is 1.27 bits per heavy atom. The molecule has 1 N–H and O–H groups in total. The van der Waals surface area contributed by atoms with Crippen LogP contribution >= 0.6 is 0 Å². The molecule has 45 heavy (non-hydrogen) atoms. The molecule has 0 radical (unpaired) electrons. The Morgan fingerprint density at radius 2 is 0.867 bits per heavy atom. The van der Waals surface area contributed by atoms with Gasteiger partial charge in [0, 0.05) is 0 Å². The second kappa shape index (κ2) is 17.0. The van der Waals surface area contributed by atoms with Crippen molar-refractivity contribution in [2.24, 2.45) is 0 Å². The molecule has 236 valence electrons. The lowest BCUT2D eigenvalue weighted by Gasteiger charge is -2.48. The maximum Gasteiger partial charge on any atom is 0.118 e. The van der Waals surface area contributed by atoms with Crippen LogP contribution in [0.4, 0.5) is 0 Å². The fourth-order valence-electron chi connectivity index (χ4n) is 5.49. The van der Waals surface area contributed by atoms with Gasteiger partial charge in [-0.05, 0) is 34.4 Å². The summed E-state index contributed by atoms with van der Waals surface area (Å²) in [7, 11) is 1.63. The van der Waals surface area contributed by atoms with Crippen LogP contribution in [-0.2, 0) is 50.1 Å². The van der Waals surface area contributed by atoms with Gasteiger partial charge in [-0.25, -0.2) is 0 Å². The molecule has 4 aromatic carbocycles. The van der Waals surface area contributed by atoms with Gasteiger partial charge in [0.05, 0.1) is 40.1 Å². The van der Waals surface area contributed by atoms with Gasteiger partial charge >= 0.3 is 0 Å². The standard InChI is InChI=1S/C38H42O7/c1-3-23-41-36-34(43-27-31-19-21-32(40-2)22-20-31)33(39)35(42-24-28-13-7-4-8-14-28)37(44-25-29-15-9-5-10-16-29)38(36)45-26-30-17-11-6-12-18-30/h3-22,33-39H,1,23-27H2,2H3/t33-,34+,35-,36-,37+,38+/m0/s1. The minimum Gasteiger partial charge on any atom is -0.497 e. The van der Waals surface area contributed by atoms with Crippen LogP contribution in [0.5, 0.6) is 5.75 Å². The molecule has 1 aliphatic carbocycles. The van der Waals surface area contributed by atoms with E-state index in [0.29, 0.717) is 13.2 Å². The van der Waals surface area contributed by atoms with Gasteiger partial charge < -0.3 is 33.5 Å². The SMILES string of the molecule is C=CCO[C@@H]1[C@@H](OCc2ccccc2)[C@H](OCc2ccccc2)[C@@H](OCc2ccccc2)[C@@H](O)[C@H]1OCc1ccc(OC)cc1. The minimum atomic E-state index is -1.08. The fourth-order valence-corrected chi connectivity index (χ4v) is 5.49. The van der Waals surface area contributed by atoms with Crippen LogP contribution in [0, 0.1) is 0 Å². The maximum atomic E-state index is 12.0. The lowest BCUT2D eigenvalue weighted by molar-refractivity contribution is -0.279. The Morgan fingerprint density at radius 1 is 0.511 bits per heavy atom. The summed E-state index contributed by atoms with van der Waals surface area (Å²) in [5, 5.41) is 12.0. The number of rotatable bonds is 16. The largest absolute Gasteiger partial charge is 0.497 e. The second-order valence-corrected chi connectivity index (χ2v) is 11.0. The number of hydrogen-bond donors (Lipinski definition) is 1. The summed E-state index contributed by atoms with van der Waals surface area (Å²) >= 11 is 0. The lowest BCUT2D eigenvalue weighted by Crippen LogP contribution is -2.66. The van der Waals surface area contributed by atoms with E-state index in [4.69, 9.17) is 28.4 Å². The number of hydrogen-bond acceptors (Lipinski definition) is 7. The summed E-state index contributed by atoms with van der Waals surface area (Å²) in [5.41, 5.74) is 3.91. The number of benzene rings is 4. The van der Waals surface area contributed by atoms with Crippen molar-refractivity contribution >= 4 is 0 Å². The Kier molecular flexibility index (Phi) is 12.3. The summed E-state index contributed by atoms with van der Waals surface area (Å²) < 4.78 is 37.9. The van der Waals surface area contributed by atoms with E-state index in [9.17, 15) is 5.11 Å². The van der Waals surface area contributed by atoms with Crippen molar-refractivity contribution in [1.29, 1.82) is 0 Å². The highest BCUT2D eigenvalue weighted by molar-refractivity contribution is 5.27. The van der Waals surface area contributed by atoms with E-state index in [0.717, 1.165) is 28.0 Å². The van der Waals surface area contributed by atoms with Crippen LogP contribution in [0.3, 0.4) is 0 Å². The smallest absolute Gasteiger partial charge is 0.118 e. The van der Waals surface area contributed by atoms with E-state index >= 15 is 0 Å². The highest BCUT2D eigenvalue weighted by Crippen LogP contribution is 2.34. The van der Waals surface area contributed by atoms with Crippen LogP contribution in [0.2, 0.25) is 0 Å². The number of aliphatic hydroxyl groups excluding tert-OH is 1. The third kappa shape index (κ3) is 9.11. The highest BCUT2D eigenvalue weighted by Gasteiger charge is 2.54. The van der Waals surface area contributed by atoms with Crippen LogP contribution in [-0.4, -0.2) is 55.4 Å². The van der Waals surface area contributed by atoms with Gasteiger partial charge in [0.15, 0.2) is 0 Å². The molecule has 1 saturated carbocycles. The molecule has 1 fully saturated rings. The number of aliphatic hydroxyl groups is 1.